The maximum Gasteiger partial charge on any atom is 0.266 e. The minimum absolute atomic E-state index is 0.00359. The van der Waals surface area contributed by atoms with Crippen LogP contribution in [0, 0.1) is 23.6 Å². The summed E-state index contributed by atoms with van der Waals surface area (Å²) in [6, 6.07) is 9.38. The minimum atomic E-state index is -4.14. The number of fused-ring (bicyclic) bond motifs is 2. The topological polar surface area (TPSA) is 66.5 Å². The summed E-state index contributed by atoms with van der Waals surface area (Å²) in [6.07, 6.45) is 6.33. The van der Waals surface area contributed by atoms with Gasteiger partial charge in [0, 0.05) is 11.6 Å². The van der Waals surface area contributed by atoms with Crippen molar-refractivity contribution >= 4 is 33.2 Å². The van der Waals surface area contributed by atoms with E-state index in [0.29, 0.717) is 11.8 Å². The van der Waals surface area contributed by atoms with Gasteiger partial charge in [-0.3, -0.25) is 9.10 Å². The third-order valence-electron chi connectivity index (χ3n) is 6.96. The normalized spacial score (nSPS) is 22.7. The summed E-state index contributed by atoms with van der Waals surface area (Å²) in [5.41, 5.74) is 0.498. The number of hydrogen-bond acceptors (Lipinski definition) is 3. The lowest BCUT2D eigenvalue weighted by molar-refractivity contribution is 0.0915. The number of nitrogens with zero attached hydrogens (tertiary/aromatic N) is 1. The highest BCUT2D eigenvalue weighted by Crippen LogP contribution is 2.49. The van der Waals surface area contributed by atoms with E-state index >= 15 is 0 Å². The minimum Gasteiger partial charge on any atom is -0.349 e. The Hall–Kier alpha value is -2.38. The van der Waals surface area contributed by atoms with Gasteiger partial charge in [-0.05, 0) is 86.4 Å². The van der Waals surface area contributed by atoms with E-state index in [4.69, 9.17) is 11.6 Å². The van der Waals surface area contributed by atoms with E-state index in [9.17, 15) is 17.6 Å². The molecule has 2 aliphatic rings. The third-order valence-corrected chi connectivity index (χ3v) is 9.24. The van der Waals surface area contributed by atoms with E-state index in [-0.39, 0.29) is 39.7 Å². The molecule has 2 aromatic rings. The lowest BCUT2D eigenvalue weighted by Gasteiger charge is -2.28. The number of halogens is 2. The van der Waals surface area contributed by atoms with Crippen LogP contribution in [-0.2, 0) is 10.0 Å². The molecule has 5 nitrogen and oxygen atoms in total. The Labute approximate surface area is 199 Å². The highest BCUT2D eigenvalue weighted by molar-refractivity contribution is 7.93. The number of anilines is 1. The lowest BCUT2D eigenvalue weighted by Crippen LogP contribution is -2.40. The fraction of sp³-hybridized carbons (Fsp3) is 0.400. The Morgan fingerprint density at radius 1 is 1.24 bits per heavy atom. The van der Waals surface area contributed by atoms with Crippen LogP contribution < -0.4 is 9.62 Å². The second-order valence-corrected chi connectivity index (χ2v) is 11.3. The summed E-state index contributed by atoms with van der Waals surface area (Å²) in [7, 11) is -4.14. The molecule has 2 aliphatic carbocycles. The van der Waals surface area contributed by atoms with E-state index in [1.165, 1.54) is 67.8 Å². The second kappa shape index (κ2) is 9.47. The van der Waals surface area contributed by atoms with Gasteiger partial charge in [0.2, 0.25) is 0 Å². The van der Waals surface area contributed by atoms with Crippen molar-refractivity contribution in [2.24, 2.45) is 17.8 Å². The summed E-state index contributed by atoms with van der Waals surface area (Å²) in [4.78, 5) is 12.8. The third kappa shape index (κ3) is 4.80. The van der Waals surface area contributed by atoms with E-state index < -0.39 is 15.8 Å². The first-order valence-electron chi connectivity index (χ1n) is 11.2. The van der Waals surface area contributed by atoms with Crippen molar-refractivity contribution in [3.05, 3.63) is 71.5 Å². The molecule has 4 atom stereocenters. The molecule has 2 bridgehead atoms. The van der Waals surface area contributed by atoms with Crippen LogP contribution in [0.15, 0.2) is 60.0 Å². The summed E-state index contributed by atoms with van der Waals surface area (Å²) in [5.74, 6) is 1.10. The first kappa shape index (κ1) is 23.8. The molecular weight excluding hydrogens is 463 g/mol. The zero-order valence-corrected chi connectivity index (χ0v) is 20.1. The van der Waals surface area contributed by atoms with Crippen molar-refractivity contribution in [2.75, 3.05) is 10.8 Å². The Kier molecular flexibility index (Phi) is 6.82. The number of carbonyl (C=O) groups is 1. The molecule has 4 rings (SSSR count). The van der Waals surface area contributed by atoms with Crippen molar-refractivity contribution in [2.45, 2.75) is 43.5 Å². The monoisotopic (exact) mass is 490 g/mol. The standard InChI is InChI=1S/C25H28ClFN2O3S/c1-3-12-29(21-9-7-20(27)8-10-21)33(31,32)24-15-19(6-11-23(24)26)25(30)28-16(2)22-14-17-4-5-18(22)13-17/h3,6-11,15-18,22H,1,4-5,12-14H2,2H3,(H,28,30)/t16-,17-,18-,22-/m1/s1. The number of amides is 1. The number of hydrogen-bond donors (Lipinski definition) is 1. The molecule has 1 amide bonds. The maximum atomic E-state index is 13.5. The van der Waals surface area contributed by atoms with Gasteiger partial charge in [0.05, 0.1) is 17.3 Å². The maximum absolute atomic E-state index is 13.5. The van der Waals surface area contributed by atoms with Crippen LogP contribution in [0.3, 0.4) is 0 Å². The molecule has 0 unspecified atom stereocenters. The number of nitrogens with one attached hydrogen (secondary N) is 1. The van der Waals surface area contributed by atoms with Crippen LogP contribution in [-0.4, -0.2) is 26.9 Å². The van der Waals surface area contributed by atoms with Crippen LogP contribution in [0.4, 0.5) is 10.1 Å². The molecule has 0 spiro atoms. The number of carbonyl (C=O) groups excluding carboxylic acids is 1. The van der Waals surface area contributed by atoms with Crippen molar-refractivity contribution in [1.82, 2.24) is 5.32 Å². The number of benzene rings is 2. The highest BCUT2D eigenvalue weighted by Gasteiger charge is 2.42. The van der Waals surface area contributed by atoms with Crippen molar-refractivity contribution in [3.8, 4) is 0 Å². The second-order valence-electron chi connectivity index (χ2n) is 9.05. The molecular formula is C25H28ClFN2O3S. The van der Waals surface area contributed by atoms with Gasteiger partial charge in [-0.2, -0.15) is 0 Å². The van der Waals surface area contributed by atoms with Crippen molar-refractivity contribution in [3.63, 3.8) is 0 Å². The quantitative estimate of drug-likeness (QED) is 0.503. The SMILES string of the molecule is C=CCN(c1ccc(F)cc1)S(=O)(=O)c1cc(C(=O)N[C@H](C)[C@H]2C[C@@H]3CC[C@@H]2C3)ccc1Cl. The Morgan fingerprint density at radius 3 is 2.58 bits per heavy atom. The average molecular weight is 491 g/mol. The van der Waals surface area contributed by atoms with Gasteiger partial charge >= 0.3 is 0 Å². The van der Waals surface area contributed by atoms with E-state index in [0.717, 1.165) is 16.6 Å². The molecule has 0 heterocycles. The van der Waals surface area contributed by atoms with Gasteiger partial charge in [0.15, 0.2) is 0 Å². The largest absolute Gasteiger partial charge is 0.349 e. The lowest BCUT2D eigenvalue weighted by atomic mass is 9.84. The Balaban J connectivity index is 1.59. The molecule has 0 radical (unpaired) electrons. The van der Waals surface area contributed by atoms with Gasteiger partial charge in [0.25, 0.3) is 15.9 Å². The summed E-state index contributed by atoms with van der Waals surface area (Å²) < 4.78 is 41.4. The fourth-order valence-corrected chi connectivity index (χ4v) is 7.27. The van der Waals surface area contributed by atoms with Crippen LogP contribution in [0.1, 0.15) is 43.0 Å². The fourth-order valence-electron chi connectivity index (χ4n) is 5.33. The Morgan fingerprint density at radius 2 is 1.97 bits per heavy atom. The van der Waals surface area contributed by atoms with E-state index in [1.54, 1.807) is 0 Å². The molecule has 2 fully saturated rings. The molecule has 33 heavy (non-hydrogen) atoms. The van der Waals surface area contributed by atoms with Gasteiger partial charge in [-0.15, -0.1) is 6.58 Å². The number of sulfonamides is 1. The van der Waals surface area contributed by atoms with E-state index in [1.807, 2.05) is 6.92 Å². The highest BCUT2D eigenvalue weighted by atomic mass is 35.5. The molecule has 0 saturated heterocycles. The predicted molar refractivity (Wildman–Crippen MR) is 128 cm³/mol. The summed E-state index contributed by atoms with van der Waals surface area (Å²) in [6.45, 7) is 5.61. The molecule has 2 saturated carbocycles. The van der Waals surface area contributed by atoms with Gasteiger partial charge in [0.1, 0.15) is 10.7 Å². The molecule has 8 heteroatoms. The molecule has 2 aromatic carbocycles. The molecule has 0 aromatic heterocycles. The van der Waals surface area contributed by atoms with Gasteiger partial charge in [-0.25, -0.2) is 12.8 Å². The van der Waals surface area contributed by atoms with Crippen LogP contribution in [0.5, 0.6) is 0 Å². The average Bonchev–Trinajstić information content (AvgIpc) is 3.42. The van der Waals surface area contributed by atoms with Crippen LogP contribution in [0.2, 0.25) is 5.02 Å². The molecule has 176 valence electrons. The van der Waals surface area contributed by atoms with E-state index in [2.05, 4.69) is 11.9 Å². The first-order valence-corrected chi connectivity index (χ1v) is 13.0. The van der Waals surface area contributed by atoms with Gasteiger partial charge in [-0.1, -0.05) is 24.1 Å². The van der Waals surface area contributed by atoms with Crippen LogP contribution >= 0.6 is 11.6 Å². The molecule has 1 N–H and O–H groups in total. The zero-order valence-electron chi connectivity index (χ0n) is 18.5. The predicted octanol–water partition coefficient (Wildman–Crippen LogP) is 5.41. The first-order chi connectivity index (χ1) is 15.7. The number of rotatable bonds is 8. The Bertz CT molecular complexity index is 1150. The summed E-state index contributed by atoms with van der Waals surface area (Å²) >= 11 is 6.27. The summed E-state index contributed by atoms with van der Waals surface area (Å²) in [5, 5.41) is 3.07. The van der Waals surface area contributed by atoms with Gasteiger partial charge < -0.3 is 5.32 Å². The van der Waals surface area contributed by atoms with Crippen molar-refractivity contribution in [1.29, 1.82) is 0 Å². The zero-order chi connectivity index (χ0) is 23.8. The van der Waals surface area contributed by atoms with Crippen LogP contribution in [0.25, 0.3) is 0 Å². The smallest absolute Gasteiger partial charge is 0.266 e. The molecule has 0 aliphatic heterocycles. The van der Waals surface area contributed by atoms with Crippen molar-refractivity contribution < 1.29 is 17.6 Å².